The minimum Gasteiger partial charge on any atom is -0.282 e. The van der Waals surface area contributed by atoms with Crippen LogP contribution in [0.1, 0.15) is 5.56 Å². The SMILES string of the molecule is C=CCN1C(=O)/C(=C/c2cn(-c3ccccc3)nc2-c2ccc(Cl)cc2)S/C1=N/c1nccs1. The summed E-state index contributed by atoms with van der Waals surface area (Å²) in [6.07, 6.45) is 7.17. The van der Waals surface area contributed by atoms with Crippen LogP contribution >= 0.6 is 34.7 Å². The number of halogens is 1. The van der Waals surface area contributed by atoms with E-state index < -0.39 is 0 Å². The van der Waals surface area contributed by atoms with Crippen LogP contribution in [0, 0.1) is 0 Å². The van der Waals surface area contributed by atoms with Gasteiger partial charge in [0.1, 0.15) is 0 Å². The Labute approximate surface area is 209 Å². The number of thiazole rings is 1. The lowest BCUT2D eigenvalue weighted by molar-refractivity contribution is -0.121. The molecule has 0 N–H and O–H groups in total. The molecule has 4 aromatic rings. The van der Waals surface area contributed by atoms with Gasteiger partial charge >= 0.3 is 0 Å². The molecule has 0 aliphatic carbocycles. The van der Waals surface area contributed by atoms with E-state index in [1.807, 2.05) is 76.9 Å². The number of amidine groups is 1. The Balaban J connectivity index is 1.59. The number of amides is 1. The van der Waals surface area contributed by atoms with Crippen molar-refractivity contribution in [3.63, 3.8) is 0 Å². The number of nitrogens with zero attached hydrogens (tertiary/aromatic N) is 5. The minimum absolute atomic E-state index is 0.130. The molecule has 2 aromatic heterocycles. The zero-order chi connectivity index (χ0) is 23.5. The molecule has 9 heteroatoms. The predicted molar refractivity (Wildman–Crippen MR) is 141 cm³/mol. The van der Waals surface area contributed by atoms with Crippen LogP contribution in [0.4, 0.5) is 5.13 Å². The number of hydrogen-bond donors (Lipinski definition) is 0. The zero-order valence-electron chi connectivity index (χ0n) is 17.8. The van der Waals surface area contributed by atoms with E-state index in [0.717, 1.165) is 22.5 Å². The number of aliphatic imine (C=N–C) groups is 1. The van der Waals surface area contributed by atoms with Crippen molar-refractivity contribution in [1.29, 1.82) is 0 Å². The van der Waals surface area contributed by atoms with Crippen LogP contribution in [-0.2, 0) is 4.79 Å². The second-order valence-corrected chi connectivity index (χ2v) is 9.56. The predicted octanol–water partition coefficient (Wildman–Crippen LogP) is 6.44. The standard InChI is InChI=1S/C25H18ClN5OS2/c1-2-13-30-23(32)21(34-25(30)28-24-27-12-14-33-24)15-18-16-31(20-6-4-3-5-7-20)29-22(18)17-8-10-19(26)11-9-17/h2-12,14-16H,1,13H2/b21-15-,28-25+. The number of benzene rings is 2. The number of hydrogen-bond acceptors (Lipinski definition) is 6. The van der Waals surface area contributed by atoms with E-state index in [4.69, 9.17) is 16.7 Å². The summed E-state index contributed by atoms with van der Waals surface area (Å²) in [6, 6.07) is 17.3. The highest BCUT2D eigenvalue weighted by atomic mass is 35.5. The normalized spacial score (nSPS) is 16.0. The minimum atomic E-state index is -0.130. The summed E-state index contributed by atoms with van der Waals surface area (Å²) in [5.41, 5.74) is 3.39. The quantitative estimate of drug-likeness (QED) is 0.224. The molecule has 5 rings (SSSR count). The van der Waals surface area contributed by atoms with Crippen molar-refractivity contribution >= 4 is 57.0 Å². The van der Waals surface area contributed by atoms with E-state index >= 15 is 0 Å². The smallest absolute Gasteiger partial charge is 0.267 e. The van der Waals surface area contributed by atoms with Crippen LogP contribution in [0.25, 0.3) is 23.0 Å². The van der Waals surface area contributed by atoms with Gasteiger partial charge in [-0.1, -0.05) is 48.0 Å². The largest absolute Gasteiger partial charge is 0.282 e. The van der Waals surface area contributed by atoms with Gasteiger partial charge in [-0.05, 0) is 42.1 Å². The summed E-state index contributed by atoms with van der Waals surface area (Å²) < 4.78 is 1.81. The van der Waals surface area contributed by atoms with E-state index in [-0.39, 0.29) is 5.91 Å². The molecule has 0 atom stereocenters. The average molecular weight is 504 g/mol. The topological polar surface area (TPSA) is 63.4 Å². The molecule has 1 fully saturated rings. The number of para-hydroxylation sites is 1. The van der Waals surface area contributed by atoms with Crippen LogP contribution in [0.2, 0.25) is 5.02 Å². The Kier molecular flexibility index (Phi) is 6.44. The van der Waals surface area contributed by atoms with Gasteiger partial charge in [-0.25, -0.2) is 9.67 Å². The van der Waals surface area contributed by atoms with Gasteiger partial charge < -0.3 is 0 Å². The molecule has 3 heterocycles. The van der Waals surface area contributed by atoms with Crippen molar-refractivity contribution in [3.05, 3.63) is 101 Å². The van der Waals surface area contributed by atoms with E-state index in [9.17, 15) is 4.79 Å². The Bertz CT molecular complexity index is 1390. The highest BCUT2D eigenvalue weighted by Gasteiger charge is 2.33. The lowest BCUT2D eigenvalue weighted by Gasteiger charge is -2.11. The van der Waals surface area contributed by atoms with Gasteiger partial charge in [0.2, 0.25) is 5.13 Å². The molecule has 168 valence electrons. The summed E-state index contributed by atoms with van der Waals surface area (Å²) in [5, 5.41) is 8.50. The van der Waals surface area contributed by atoms with Gasteiger partial charge in [-0.3, -0.25) is 9.69 Å². The number of thioether (sulfide) groups is 1. The average Bonchev–Trinajstić information content (AvgIpc) is 3.58. The van der Waals surface area contributed by atoms with Gasteiger partial charge in [0.05, 0.1) is 16.3 Å². The van der Waals surface area contributed by atoms with Gasteiger partial charge in [0.15, 0.2) is 5.17 Å². The Morgan fingerprint density at radius 1 is 1.12 bits per heavy atom. The summed E-state index contributed by atoms with van der Waals surface area (Å²) in [4.78, 5) is 24.2. The third-order valence-corrected chi connectivity index (χ3v) is 6.90. The molecule has 1 aliphatic rings. The maximum absolute atomic E-state index is 13.3. The molecule has 34 heavy (non-hydrogen) atoms. The highest BCUT2D eigenvalue weighted by molar-refractivity contribution is 8.18. The van der Waals surface area contributed by atoms with Crippen LogP contribution in [0.5, 0.6) is 0 Å². The molecule has 0 saturated carbocycles. The van der Waals surface area contributed by atoms with Crippen molar-refractivity contribution in [1.82, 2.24) is 19.7 Å². The molecule has 0 bridgehead atoms. The van der Waals surface area contributed by atoms with Gasteiger partial charge in [-0.15, -0.1) is 17.9 Å². The Morgan fingerprint density at radius 3 is 2.62 bits per heavy atom. The van der Waals surface area contributed by atoms with Gasteiger partial charge in [-0.2, -0.15) is 10.1 Å². The second kappa shape index (κ2) is 9.80. The van der Waals surface area contributed by atoms with E-state index in [1.165, 1.54) is 23.1 Å². The lowest BCUT2D eigenvalue weighted by Crippen LogP contribution is -2.29. The fraction of sp³-hybridized carbons (Fsp3) is 0.0400. The summed E-state index contributed by atoms with van der Waals surface area (Å²) in [5.74, 6) is -0.130. The molecule has 1 aliphatic heterocycles. The number of carbonyl (C=O) groups is 1. The first kappa shape index (κ1) is 22.3. The maximum atomic E-state index is 13.3. The first-order valence-electron chi connectivity index (χ1n) is 10.3. The molecule has 2 aromatic carbocycles. The molecule has 6 nitrogen and oxygen atoms in total. The van der Waals surface area contributed by atoms with Crippen LogP contribution in [0.3, 0.4) is 0 Å². The van der Waals surface area contributed by atoms with Crippen molar-refractivity contribution in [2.45, 2.75) is 0 Å². The van der Waals surface area contributed by atoms with Gasteiger partial charge in [0, 0.05) is 40.5 Å². The molecular weight excluding hydrogens is 486 g/mol. The molecular formula is C25H18ClN5OS2. The fourth-order valence-corrected chi connectivity index (χ4v) is 5.08. The third kappa shape index (κ3) is 4.61. The Morgan fingerprint density at radius 2 is 1.91 bits per heavy atom. The highest BCUT2D eigenvalue weighted by Crippen LogP contribution is 2.36. The van der Waals surface area contributed by atoms with Gasteiger partial charge in [0.25, 0.3) is 5.91 Å². The molecule has 0 unspecified atom stereocenters. The van der Waals surface area contributed by atoms with Crippen molar-refractivity contribution in [3.8, 4) is 16.9 Å². The number of aromatic nitrogens is 3. The molecule has 1 saturated heterocycles. The van der Waals surface area contributed by atoms with Crippen LogP contribution in [-0.4, -0.2) is 37.3 Å². The first-order chi connectivity index (χ1) is 16.6. The summed E-state index contributed by atoms with van der Waals surface area (Å²) in [7, 11) is 0. The number of rotatable bonds is 6. The van der Waals surface area contributed by atoms with Crippen LogP contribution < -0.4 is 0 Å². The summed E-state index contributed by atoms with van der Waals surface area (Å²) >= 11 is 8.84. The second-order valence-electron chi connectivity index (χ2n) is 7.24. The molecule has 1 amide bonds. The first-order valence-corrected chi connectivity index (χ1v) is 12.4. The van der Waals surface area contributed by atoms with Crippen LogP contribution in [0.15, 0.2) is 94.9 Å². The van der Waals surface area contributed by atoms with E-state index in [1.54, 1.807) is 17.2 Å². The fourth-order valence-electron chi connectivity index (χ4n) is 3.41. The van der Waals surface area contributed by atoms with Crippen molar-refractivity contribution < 1.29 is 4.79 Å². The summed E-state index contributed by atoms with van der Waals surface area (Å²) in [6.45, 7) is 4.14. The lowest BCUT2D eigenvalue weighted by atomic mass is 10.1. The van der Waals surface area contributed by atoms with Crippen molar-refractivity contribution in [2.24, 2.45) is 4.99 Å². The molecule has 0 radical (unpaired) electrons. The maximum Gasteiger partial charge on any atom is 0.267 e. The zero-order valence-corrected chi connectivity index (χ0v) is 20.2. The monoisotopic (exact) mass is 503 g/mol. The van der Waals surface area contributed by atoms with E-state index in [2.05, 4.69) is 16.6 Å². The van der Waals surface area contributed by atoms with Crippen molar-refractivity contribution in [2.75, 3.05) is 6.54 Å². The Hall–Kier alpha value is -3.46. The number of carbonyl (C=O) groups excluding carboxylic acids is 1. The third-order valence-electron chi connectivity index (χ3n) is 4.98. The van der Waals surface area contributed by atoms with E-state index in [0.29, 0.717) is 26.8 Å². The molecule has 0 spiro atoms.